The molecule has 2 heterocycles. The van der Waals surface area contributed by atoms with Gasteiger partial charge in [-0.2, -0.15) is 0 Å². The van der Waals surface area contributed by atoms with Crippen molar-refractivity contribution in [2.24, 2.45) is 0 Å². The average molecular weight is 348 g/mol. The number of nitrogens with zero attached hydrogens (tertiary/aromatic N) is 2. The van der Waals surface area contributed by atoms with Gasteiger partial charge in [0.05, 0.1) is 19.3 Å². The molecule has 1 fully saturated rings. The van der Waals surface area contributed by atoms with Gasteiger partial charge in [-0.3, -0.25) is 9.69 Å². The number of piperazine rings is 1. The van der Waals surface area contributed by atoms with Gasteiger partial charge in [-0.05, 0) is 38.0 Å². The van der Waals surface area contributed by atoms with Crippen molar-refractivity contribution in [1.82, 2.24) is 9.80 Å². The molecule has 2 amide bonds. The van der Waals surface area contributed by atoms with E-state index < -0.39 is 12.1 Å². The van der Waals surface area contributed by atoms with E-state index in [0.29, 0.717) is 18.7 Å². The summed E-state index contributed by atoms with van der Waals surface area (Å²) < 4.78 is 10.7. The lowest BCUT2D eigenvalue weighted by molar-refractivity contribution is -0.143. The Morgan fingerprint density at radius 3 is 2.64 bits per heavy atom. The van der Waals surface area contributed by atoms with Crippen LogP contribution in [-0.2, 0) is 16.0 Å². The SMILES string of the molecule is COc1c(O)cc2c(c1C)[C@@H]1CN(C)C(=O)[C@H](C2)N1C(=O)OC(C)C. The molecule has 0 spiro atoms. The average Bonchev–Trinajstić information content (AvgIpc) is 2.51. The lowest BCUT2D eigenvalue weighted by Crippen LogP contribution is -2.62. The molecular weight excluding hydrogens is 324 g/mol. The van der Waals surface area contributed by atoms with E-state index in [1.807, 2.05) is 6.92 Å². The van der Waals surface area contributed by atoms with Crippen LogP contribution < -0.4 is 4.74 Å². The molecule has 2 aliphatic heterocycles. The van der Waals surface area contributed by atoms with Gasteiger partial charge in [-0.15, -0.1) is 0 Å². The summed E-state index contributed by atoms with van der Waals surface area (Å²) in [6.45, 7) is 5.81. The van der Waals surface area contributed by atoms with Crippen LogP contribution in [0.3, 0.4) is 0 Å². The molecule has 2 bridgehead atoms. The fraction of sp³-hybridized carbons (Fsp3) is 0.556. The predicted molar refractivity (Wildman–Crippen MR) is 90.7 cm³/mol. The molecule has 1 aromatic rings. The van der Waals surface area contributed by atoms with E-state index in [2.05, 4.69) is 0 Å². The molecule has 0 saturated carbocycles. The van der Waals surface area contributed by atoms with Crippen molar-refractivity contribution in [3.8, 4) is 11.5 Å². The van der Waals surface area contributed by atoms with Gasteiger partial charge in [-0.25, -0.2) is 4.79 Å². The van der Waals surface area contributed by atoms with Crippen LogP contribution in [0.1, 0.15) is 36.6 Å². The lowest BCUT2D eigenvalue weighted by Gasteiger charge is -2.48. The minimum Gasteiger partial charge on any atom is -0.504 e. The molecule has 136 valence electrons. The van der Waals surface area contributed by atoms with Gasteiger partial charge in [0.15, 0.2) is 11.5 Å². The van der Waals surface area contributed by atoms with Crippen LogP contribution in [0.15, 0.2) is 6.07 Å². The normalized spacial score (nSPS) is 22.1. The summed E-state index contributed by atoms with van der Waals surface area (Å²) in [5, 5.41) is 10.2. The number of aromatic hydroxyl groups is 1. The summed E-state index contributed by atoms with van der Waals surface area (Å²) in [5.41, 5.74) is 2.58. The van der Waals surface area contributed by atoms with Gasteiger partial charge in [-0.1, -0.05) is 0 Å². The van der Waals surface area contributed by atoms with Crippen molar-refractivity contribution >= 4 is 12.0 Å². The maximum Gasteiger partial charge on any atom is 0.411 e. The van der Waals surface area contributed by atoms with E-state index in [1.165, 1.54) is 7.11 Å². The zero-order valence-corrected chi connectivity index (χ0v) is 15.2. The third-order valence-corrected chi connectivity index (χ3v) is 4.91. The first kappa shape index (κ1) is 17.4. The van der Waals surface area contributed by atoms with E-state index in [-0.39, 0.29) is 23.8 Å². The number of likely N-dealkylation sites (N-methyl/N-ethyl adjacent to an activating group) is 1. The minimum absolute atomic E-state index is 0.0517. The van der Waals surface area contributed by atoms with E-state index in [4.69, 9.17) is 9.47 Å². The summed E-state index contributed by atoms with van der Waals surface area (Å²) in [7, 11) is 3.24. The third kappa shape index (κ3) is 2.67. The van der Waals surface area contributed by atoms with Crippen molar-refractivity contribution in [1.29, 1.82) is 0 Å². The molecule has 2 aliphatic rings. The molecule has 2 atom stereocenters. The number of phenols is 1. The number of methoxy groups -OCH3 is 1. The number of benzene rings is 1. The maximum absolute atomic E-state index is 12.7. The first-order valence-corrected chi connectivity index (χ1v) is 8.39. The molecule has 25 heavy (non-hydrogen) atoms. The molecule has 0 unspecified atom stereocenters. The summed E-state index contributed by atoms with van der Waals surface area (Å²) in [6, 6.07) is 0.706. The van der Waals surface area contributed by atoms with Crippen LogP contribution in [0.5, 0.6) is 11.5 Å². The Bertz CT molecular complexity index is 731. The summed E-state index contributed by atoms with van der Waals surface area (Å²) in [6.07, 6.45) is -0.401. The Labute approximate surface area is 147 Å². The summed E-state index contributed by atoms with van der Waals surface area (Å²) >= 11 is 0. The van der Waals surface area contributed by atoms with E-state index >= 15 is 0 Å². The van der Waals surface area contributed by atoms with Crippen molar-refractivity contribution in [3.05, 3.63) is 22.8 Å². The van der Waals surface area contributed by atoms with Crippen molar-refractivity contribution in [3.63, 3.8) is 0 Å². The van der Waals surface area contributed by atoms with Gasteiger partial charge in [0, 0.05) is 25.6 Å². The number of rotatable bonds is 2. The number of fused-ring (bicyclic) bond motifs is 4. The Balaban J connectivity index is 2.14. The topological polar surface area (TPSA) is 79.3 Å². The number of carbonyl (C=O) groups is 2. The van der Waals surface area contributed by atoms with Crippen LogP contribution in [-0.4, -0.2) is 59.8 Å². The minimum atomic E-state index is -0.616. The standard InChI is InChI=1S/C18H24N2O5/c1-9(2)25-18(23)20-12-6-11-7-14(21)16(24-5)10(3)15(11)13(20)8-19(4)17(12)22/h7,9,12-13,21H,6,8H2,1-5H3/t12-,13-/m0/s1. The Kier molecular flexibility index (Phi) is 4.26. The number of ether oxygens (including phenoxy) is 2. The maximum atomic E-state index is 12.7. The summed E-state index contributed by atoms with van der Waals surface area (Å²) in [4.78, 5) is 28.5. The molecule has 1 N–H and O–H groups in total. The highest BCUT2D eigenvalue weighted by molar-refractivity contribution is 5.88. The second-order valence-electron chi connectivity index (χ2n) is 6.92. The fourth-order valence-electron chi connectivity index (χ4n) is 3.92. The number of carbonyl (C=O) groups excluding carboxylic acids is 2. The van der Waals surface area contributed by atoms with E-state index in [9.17, 15) is 14.7 Å². The number of hydrogen-bond acceptors (Lipinski definition) is 5. The lowest BCUT2D eigenvalue weighted by atomic mass is 9.82. The molecule has 1 saturated heterocycles. The molecule has 3 rings (SSSR count). The Morgan fingerprint density at radius 2 is 2.04 bits per heavy atom. The highest BCUT2D eigenvalue weighted by atomic mass is 16.6. The smallest absolute Gasteiger partial charge is 0.411 e. The molecule has 0 aromatic heterocycles. The number of phenolic OH excluding ortho intramolecular Hbond substituents is 1. The van der Waals surface area contributed by atoms with E-state index in [1.54, 1.807) is 36.8 Å². The van der Waals surface area contributed by atoms with Crippen molar-refractivity contribution in [2.45, 2.75) is 45.4 Å². The molecule has 1 aromatic carbocycles. The van der Waals surface area contributed by atoms with Gasteiger partial charge in [0.25, 0.3) is 0 Å². The van der Waals surface area contributed by atoms with Crippen molar-refractivity contribution in [2.75, 3.05) is 20.7 Å². The largest absolute Gasteiger partial charge is 0.504 e. The third-order valence-electron chi connectivity index (χ3n) is 4.91. The van der Waals surface area contributed by atoms with Gasteiger partial charge in [0.2, 0.25) is 5.91 Å². The first-order valence-electron chi connectivity index (χ1n) is 8.39. The van der Waals surface area contributed by atoms with E-state index in [0.717, 1.165) is 16.7 Å². The fourth-order valence-corrected chi connectivity index (χ4v) is 3.92. The Morgan fingerprint density at radius 1 is 1.36 bits per heavy atom. The molecule has 0 aliphatic carbocycles. The van der Waals surface area contributed by atoms with Gasteiger partial charge in [0.1, 0.15) is 6.04 Å². The van der Waals surface area contributed by atoms with Crippen LogP contribution in [0.4, 0.5) is 4.79 Å². The predicted octanol–water partition coefficient (Wildman–Crippen LogP) is 1.99. The zero-order chi connectivity index (χ0) is 18.5. The van der Waals surface area contributed by atoms with Crippen LogP contribution in [0.25, 0.3) is 0 Å². The first-order chi connectivity index (χ1) is 11.8. The Hall–Kier alpha value is -2.44. The molecule has 7 heteroatoms. The summed E-state index contributed by atoms with van der Waals surface area (Å²) in [5.74, 6) is 0.334. The quantitative estimate of drug-likeness (QED) is 0.884. The molecule has 0 radical (unpaired) electrons. The molecular formula is C18H24N2O5. The van der Waals surface area contributed by atoms with Crippen LogP contribution >= 0.6 is 0 Å². The zero-order valence-electron chi connectivity index (χ0n) is 15.2. The monoisotopic (exact) mass is 348 g/mol. The van der Waals surface area contributed by atoms with Gasteiger partial charge >= 0.3 is 6.09 Å². The highest BCUT2D eigenvalue weighted by Crippen LogP contribution is 2.45. The second kappa shape index (κ2) is 6.13. The van der Waals surface area contributed by atoms with Gasteiger partial charge < -0.3 is 19.5 Å². The molecule has 7 nitrogen and oxygen atoms in total. The number of amides is 2. The number of hydrogen-bond donors (Lipinski definition) is 1. The highest BCUT2D eigenvalue weighted by Gasteiger charge is 2.48. The van der Waals surface area contributed by atoms with Crippen LogP contribution in [0.2, 0.25) is 0 Å². The van der Waals surface area contributed by atoms with Crippen molar-refractivity contribution < 1.29 is 24.2 Å². The van der Waals surface area contributed by atoms with Crippen LogP contribution in [0, 0.1) is 6.92 Å². The second-order valence-corrected chi connectivity index (χ2v) is 6.92.